The van der Waals surface area contributed by atoms with Gasteiger partial charge >= 0.3 is 0 Å². The zero-order valence-electron chi connectivity index (χ0n) is 8.62. The molecule has 0 atom stereocenters. The minimum Gasteiger partial charge on any atom is -0.0776 e. The number of aryl methyl sites for hydroxylation is 2. The molecule has 0 heteroatoms. The first-order chi connectivity index (χ1) is 6.79. The molecule has 0 nitrogen and oxygen atoms in total. The van der Waals surface area contributed by atoms with E-state index >= 15 is 0 Å². The Morgan fingerprint density at radius 3 is 1.12 bits per heavy atom. The van der Waals surface area contributed by atoms with Crippen molar-refractivity contribution in [3.63, 3.8) is 0 Å². The molecule has 2 aromatic carbocycles. The molecule has 0 amide bonds. The summed E-state index contributed by atoms with van der Waals surface area (Å²) in [5, 5.41) is 0. The van der Waals surface area contributed by atoms with Gasteiger partial charge in [0.1, 0.15) is 0 Å². The standard InChI is InChI=1S/C14H14.3CH4/c1-11-7-3-5-9-13(11)14-10-6-4-8-12(14)2;;;/h3-10H,1-2H3;3*1H4. The molecule has 0 unspecified atom stereocenters. The second-order valence-electron chi connectivity index (χ2n) is 3.63. The van der Waals surface area contributed by atoms with E-state index in [1.807, 2.05) is 0 Å². The summed E-state index contributed by atoms with van der Waals surface area (Å²) in [5.41, 5.74) is 5.35. The molecule has 0 aromatic heterocycles. The molecule has 0 aliphatic carbocycles. The highest BCUT2D eigenvalue weighted by Gasteiger charge is 2.02. The maximum Gasteiger partial charge on any atom is -0.0152 e. The third-order valence-corrected chi connectivity index (χ3v) is 2.58. The van der Waals surface area contributed by atoms with E-state index in [9.17, 15) is 0 Å². The molecule has 94 valence electrons. The molecule has 17 heavy (non-hydrogen) atoms. The predicted octanol–water partition coefficient (Wildman–Crippen LogP) is 5.88. The van der Waals surface area contributed by atoms with Gasteiger partial charge in [0.05, 0.1) is 0 Å². The van der Waals surface area contributed by atoms with Gasteiger partial charge in [0, 0.05) is 0 Å². The van der Waals surface area contributed by atoms with E-state index < -0.39 is 0 Å². The van der Waals surface area contributed by atoms with Crippen LogP contribution in [0.3, 0.4) is 0 Å². The average Bonchev–Trinajstić information content (AvgIpc) is 2.20. The summed E-state index contributed by atoms with van der Waals surface area (Å²) in [7, 11) is 0. The van der Waals surface area contributed by atoms with Crippen LogP contribution in [0.15, 0.2) is 48.5 Å². The normalized spacial score (nSPS) is 8.35. The lowest BCUT2D eigenvalue weighted by Crippen LogP contribution is -1.85. The Labute approximate surface area is 107 Å². The molecule has 2 aromatic rings. The Morgan fingerprint density at radius 2 is 0.824 bits per heavy atom. The van der Waals surface area contributed by atoms with Crippen molar-refractivity contribution < 1.29 is 0 Å². The van der Waals surface area contributed by atoms with Gasteiger partial charge in [-0.15, -0.1) is 0 Å². The van der Waals surface area contributed by atoms with Crippen molar-refractivity contribution in [2.75, 3.05) is 0 Å². The predicted molar refractivity (Wildman–Crippen MR) is 81.5 cm³/mol. The Bertz CT molecular complexity index is 398. The van der Waals surface area contributed by atoms with Gasteiger partial charge in [0.2, 0.25) is 0 Å². The molecule has 0 radical (unpaired) electrons. The fraction of sp³-hybridized carbons (Fsp3) is 0.294. The Kier molecular flexibility index (Phi) is 8.04. The Balaban J connectivity index is 0. The first-order valence-corrected chi connectivity index (χ1v) is 4.90. The number of rotatable bonds is 1. The van der Waals surface area contributed by atoms with Gasteiger partial charge in [-0.25, -0.2) is 0 Å². The number of benzene rings is 2. The van der Waals surface area contributed by atoms with E-state index in [-0.39, 0.29) is 22.3 Å². The molecule has 0 saturated heterocycles. The molecule has 0 bridgehead atoms. The lowest BCUT2D eigenvalue weighted by Gasteiger charge is -2.08. The highest BCUT2D eigenvalue weighted by molar-refractivity contribution is 5.70. The van der Waals surface area contributed by atoms with Crippen molar-refractivity contribution in [1.29, 1.82) is 0 Å². The summed E-state index contributed by atoms with van der Waals surface area (Å²) in [6.45, 7) is 4.31. The van der Waals surface area contributed by atoms with Crippen molar-refractivity contribution in [3.8, 4) is 11.1 Å². The van der Waals surface area contributed by atoms with Crippen LogP contribution in [0.4, 0.5) is 0 Å². The van der Waals surface area contributed by atoms with E-state index in [1.54, 1.807) is 0 Å². The van der Waals surface area contributed by atoms with Gasteiger partial charge in [-0.3, -0.25) is 0 Å². The van der Waals surface area contributed by atoms with E-state index in [1.165, 1.54) is 22.3 Å². The third kappa shape index (κ3) is 3.74. The van der Waals surface area contributed by atoms with Crippen LogP contribution in [0.25, 0.3) is 11.1 Å². The quantitative estimate of drug-likeness (QED) is 0.574. The van der Waals surface area contributed by atoms with E-state index in [0.29, 0.717) is 0 Å². The maximum atomic E-state index is 2.18. The molecule has 0 N–H and O–H groups in total. The van der Waals surface area contributed by atoms with E-state index in [4.69, 9.17) is 0 Å². The van der Waals surface area contributed by atoms with Crippen LogP contribution in [0.5, 0.6) is 0 Å². The minimum absolute atomic E-state index is 0. The highest BCUT2D eigenvalue weighted by atomic mass is 14.1. The molecule has 0 aliphatic rings. The van der Waals surface area contributed by atoms with Crippen molar-refractivity contribution in [1.82, 2.24) is 0 Å². The Hall–Kier alpha value is -1.56. The lowest BCUT2D eigenvalue weighted by atomic mass is 9.97. The largest absolute Gasteiger partial charge is 0.0776 e. The first-order valence-electron chi connectivity index (χ1n) is 4.90. The second kappa shape index (κ2) is 7.67. The topological polar surface area (TPSA) is 0 Å². The smallest absolute Gasteiger partial charge is 0.0152 e. The molecular formula is C17H26. The van der Waals surface area contributed by atoms with Crippen LogP contribution in [-0.4, -0.2) is 0 Å². The molecule has 0 spiro atoms. The summed E-state index contributed by atoms with van der Waals surface area (Å²) in [4.78, 5) is 0. The molecular weight excluding hydrogens is 204 g/mol. The van der Waals surface area contributed by atoms with E-state index in [2.05, 4.69) is 62.4 Å². The minimum atomic E-state index is 0. The molecule has 2 rings (SSSR count). The summed E-state index contributed by atoms with van der Waals surface area (Å²) >= 11 is 0. The zero-order valence-corrected chi connectivity index (χ0v) is 8.62. The van der Waals surface area contributed by atoms with Gasteiger partial charge in [0.25, 0.3) is 0 Å². The van der Waals surface area contributed by atoms with Crippen LogP contribution in [0, 0.1) is 13.8 Å². The van der Waals surface area contributed by atoms with Gasteiger partial charge in [0.15, 0.2) is 0 Å². The summed E-state index contributed by atoms with van der Waals surface area (Å²) in [6.07, 6.45) is 0. The maximum absolute atomic E-state index is 2.18. The SMILES string of the molecule is C.C.C.Cc1ccccc1-c1ccccc1C. The molecule has 0 heterocycles. The van der Waals surface area contributed by atoms with Gasteiger partial charge in [-0.2, -0.15) is 0 Å². The molecule has 0 saturated carbocycles. The van der Waals surface area contributed by atoms with Crippen molar-refractivity contribution in [2.24, 2.45) is 0 Å². The summed E-state index contributed by atoms with van der Waals surface area (Å²) in [6, 6.07) is 17.0. The van der Waals surface area contributed by atoms with Crippen LogP contribution in [0.2, 0.25) is 0 Å². The van der Waals surface area contributed by atoms with Gasteiger partial charge < -0.3 is 0 Å². The van der Waals surface area contributed by atoms with Crippen molar-refractivity contribution >= 4 is 0 Å². The number of hydrogen-bond donors (Lipinski definition) is 0. The van der Waals surface area contributed by atoms with Gasteiger partial charge in [-0.05, 0) is 36.1 Å². The fourth-order valence-electron chi connectivity index (χ4n) is 1.75. The summed E-state index contributed by atoms with van der Waals surface area (Å²) < 4.78 is 0. The van der Waals surface area contributed by atoms with Crippen molar-refractivity contribution in [3.05, 3.63) is 59.7 Å². The first kappa shape index (κ1) is 17.8. The highest BCUT2D eigenvalue weighted by Crippen LogP contribution is 2.25. The monoisotopic (exact) mass is 230 g/mol. The second-order valence-corrected chi connectivity index (χ2v) is 3.63. The lowest BCUT2D eigenvalue weighted by molar-refractivity contribution is 1.41. The van der Waals surface area contributed by atoms with E-state index in [0.717, 1.165) is 0 Å². The van der Waals surface area contributed by atoms with Crippen molar-refractivity contribution in [2.45, 2.75) is 36.1 Å². The molecule has 0 aliphatic heterocycles. The third-order valence-electron chi connectivity index (χ3n) is 2.58. The molecule has 0 fully saturated rings. The van der Waals surface area contributed by atoms with Gasteiger partial charge in [-0.1, -0.05) is 70.8 Å². The Morgan fingerprint density at radius 1 is 0.529 bits per heavy atom. The van der Waals surface area contributed by atoms with Crippen LogP contribution in [0.1, 0.15) is 33.4 Å². The zero-order chi connectivity index (χ0) is 9.97. The number of hydrogen-bond acceptors (Lipinski definition) is 0. The summed E-state index contributed by atoms with van der Waals surface area (Å²) in [5.74, 6) is 0. The van der Waals surface area contributed by atoms with Crippen LogP contribution < -0.4 is 0 Å². The van der Waals surface area contributed by atoms with Crippen LogP contribution >= 0.6 is 0 Å². The fourth-order valence-corrected chi connectivity index (χ4v) is 1.75. The van der Waals surface area contributed by atoms with Crippen LogP contribution in [-0.2, 0) is 0 Å². The average molecular weight is 230 g/mol.